The third kappa shape index (κ3) is 4.34. The quantitative estimate of drug-likeness (QED) is 0.835. The minimum absolute atomic E-state index is 0.164. The zero-order valence-corrected chi connectivity index (χ0v) is 13.0. The van der Waals surface area contributed by atoms with Gasteiger partial charge in [0.25, 0.3) is 0 Å². The van der Waals surface area contributed by atoms with Gasteiger partial charge in [-0.2, -0.15) is 0 Å². The summed E-state index contributed by atoms with van der Waals surface area (Å²) in [6.45, 7) is 3.63. The molecule has 19 heavy (non-hydrogen) atoms. The zero-order valence-electron chi connectivity index (χ0n) is 10.6. The van der Waals surface area contributed by atoms with Crippen LogP contribution in [0.1, 0.15) is 12.5 Å². The van der Waals surface area contributed by atoms with Crippen LogP contribution in [0.2, 0.25) is 0 Å². The summed E-state index contributed by atoms with van der Waals surface area (Å²) in [5, 5.41) is 3.19. The number of hydrogen-bond donors (Lipinski definition) is 1. The van der Waals surface area contributed by atoms with Gasteiger partial charge in [-0.3, -0.25) is 0 Å². The first-order valence-electron chi connectivity index (χ1n) is 6.11. The van der Waals surface area contributed by atoms with Gasteiger partial charge in [0.05, 0.1) is 0 Å². The lowest BCUT2D eigenvalue weighted by molar-refractivity contribution is 0.596. The van der Waals surface area contributed by atoms with E-state index in [1.54, 1.807) is 6.07 Å². The highest BCUT2D eigenvalue weighted by Gasteiger charge is 2.05. The Balaban J connectivity index is 2.10. The highest BCUT2D eigenvalue weighted by molar-refractivity contribution is 9.10. The molecule has 0 amide bonds. The molecule has 0 aliphatic carbocycles. The van der Waals surface area contributed by atoms with Gasteiger partial charge in [0.2, 0.25) is 0 Å². The summed E-state index contributed by atoms with van der Waals surface area (Å²) in [7, 11) is 0. The van der Waals surface area contributed by atoms with E-state index in [0.29, 0.717) is 11.4 Å². The Morgan fingerprint density at radius 3 is 2.53 bits per heavy atom. The lowest BCUT2D eigenvalue weighted by Gasteiger charge is -2.07. The molecule has 0 bridgehead atoms. The molecule has 1 nitrogen and oxygen atoms in total. The molecule has 0 radical (unpaired) electrons. The third-order valence-corrected chi connectivity index (χ3v) is 4.20. The van der Waals surface area contributed by atoms with E-state index >= 15 is 0 Å². The highest BCUT2D eigenvalue weighted by atomic mass is 79.9. The Morgan fingerprint density at radius 2 is 1.89 bits per heavy atom. The second-order valence-electron chi connectivity index (χ2n) is 4.10. The number of halogens is 2. The predicted octanol–water partition coefficient (Wildman–Crippen LogP) is 4.85. The summed E-state index contributed by atoms with van der Waals surface area (Å²) in [6.07, 6.45) is 0. The average Bonchev–Trinajstić information content (AvgIpc) is 2.41. The molecule has 2 aromatic rings. The van der Waals surface area contributed by atoms with Crippen LogP contribution in [0, 0.1) is 5.82 Å². The highest BCUT2D eigenvalue weighted by Crippen LogP contribution is 2.30. The van der Waals surface area contributed by atoms with Crippen LogP contribution in [0.25, 0.3) is 0 Å². The largest absolute Gasteiger partial charge is 0.313 e. The number of benzene rings is 2. The van der Waals surface area contributed by atoms with Crippen molar-refractivity contribution in [2.45, 2.75) is 23.3 Å². The van der Waals surface area contributed by atoms with Crippen LogP contribution in [0.5, 0.6) is 0 Å². The van der Waals surface area contributed by atoms with Crippen molar-refractivity contribution < 1.29 is 4.39 Å². The van der Waals surface area contributed by atoms with Gasteiger partial charge in [-0.25, -0.2) is 4.39 Å². The molecule has 0 fully saturated rings. The van der Waals surface area contributed by atoms with Gasteiger partial charge >= 0.3 is 0 Å². The number of rotatable bonds is 5. The Morgan fingerprint density at radius 1 is 1.16 bits per heavy atom. The van der Waals surface area contributed by atoms with Gasteiger partial charge in [0.15, 0.2) is 0 Å². The molecule has 0 unspecified atom stereocenters. The molecule has 100 valence electrons. The second-order valence-corrected chi connectivity index (χ2v) is 6.13. The number of hydrogen-bond acceptors (Lipinski definition) is 2. The van der Waals surface area contributed by atoms with E-state index in [4.69, 9.17) is 0 Å². The van der Waals surface area contributed by atoms with E-state index in [9.17, 15) is 4.39 Å². The molecule has 0 aliphatic rings. The standard InChI is InChI=1S/C15H15BrFNS/c1-2-18-10-11-3-8-15(14(17)9-11)19-13-6-4-12(16)5-7-13/h3-9,18H,2,10H2,1H3. The first-order valence-corrected chi connectivity index (χ1v) is 7.72. The molecule has 0 saturated carbocycles. The molecule has 0 aromatic heterocycles. The molecule has 4 heteroatoms. The van der Waals surface area contributed by atoms with E-state index in [0.717, 1.165) is 21.5 Å². The van der Waals surface area contributed by atoms with E-state index in [2.05, 4.69) is 21.2 Å². The van der Waals surface area contributed by atoms with Gasteiger partial charge < -0.3 is 5.32 Å². The van der Waals surface area contributed by atoms with Crippen LogP contribution >= 0.6 is 27.7 Å². The Hall–Kier alpha value is -0.840. The van der Waals surface area contributed by atoms with E-state index in [1.165, 1.54) is 11.8 Å². The monoisotopic (exact) mass is 339 g/mol. The van der Waals surface area contributed by atoms with E-state index in [-0.39, 0.29) is 5.82 Å². The van der Waals surface area contributed by atoms with Crippen LogP contribution in [0.4, 0.5) is 4.39 Å². The van der Waals surface area contributed by atoms with Gasteiger partial charge in [-0.1, -0.05) is 40.7 Å². The summed E-state index contributed by atoms with van der Waals surface area (Å²) < 4.78 is 15.0. The maximum atomic E-state index is 14.0. The molecule has 0 aliphatic heterocycles. The Bertz CT molecular complexity index is 542. The Kier molecular flexibility index (Phi) is 5.43. The summed E-state index contributed by atoms with van der Waals surface area (Å²) in [4.78, 5) is 1.68. The minimum atomic E-state index is -0.164. The normalized spacial score (nSPS) is 10.7. The van der Waals surface area contributed by atoms with Crippen molar-refractivity contribution in [3.63, 3.8) is 0 Å². The molecular weight excluding hydrogens is 325 g/mol. The van der Waals surface area contributed by atoms with Gasteiger partial charge in [0, 0.05) is 20.8 Å². The van der Waals surface area contributed by atoms with Crippen LogP contribution in [0.3, 0.4) is 0 Å². The van der Waals surface area contributed by atoms with Crippen molar-refractivity contribution in [1.29, 1.82) is 0 Å². The SMILES string of the molecule is CCNCc1ccc(Sc2ccc(Br)cc2)c(F)c1. The lowest BCUT2D eigenvalue weighted by Crippen LogP contribution is -2.11. The van der Waals surface area contributed by atoms with Gasteiger partial charge in [0.1, 0.15) is 5.82 Å². The smallest absolute Gasteiger partial charge is 0.137 e. The van der Waals surface area contributed by atoms with Crippen molar-refractivity contribution in [2.75, 3.05) is 6.54 Å². The van der Waals surface area contributed by atoms with E-state index in [1.807, 2.05) is 43.3 Å². The summed E-state index contributed by atoms with van der Waals surface area (Å²) in [6, 6.07) is 13.3. The minimum Gasteiger partial charge on any atom is -0.313 e. The second kappa shape index (κ2) is 7.08. The Labute approximate surface area is 125 Å². The van der Waals surface area contributed by atoms with Crippen LogP contribution in [-0.4, -0.2) is 6.54 Å². The first kappa shape index (κ1) is 14.6. The maximum absolute atomic E-state index is 14.0. The molecule has 0 saturated heterocycles. The van der Waals surface area contributed by atoms with Crippen molar-refractivity contribution in [3.05, 3.63) is 58.3 Å². The van der Waals surface area contributed by atoms with Crippen LogP contribution in [0.15, 0.2) is 56.7 Å². The topological polar surface area (TPSA) is 12.0 Å². The van der Waals surface area contributed by atoms with Gasteiger partial charge in [-0.15, -0.1) is 0 Å². The zero-order chi connectivity index (χ0) is 13.7. The van der Waals surface area contributed by atoms with Crippen molar-refractivity contribution >= 4 is 27.7 Å². The summed E-state index contributed by atoms with van der Waals surface area (Å²) >= 11 is 4.83. The molecule has 0 spiro atoms. The lowest BCUT2D eigenvalue weighted by atomic mass is 10.2. The number of nitrogens with one attached hydrogen (secondary N) is 1. The van der Waals surface area contributed by atoms with Crippen LogP contribution in [-0.2, 0) is 6.54 Å². The fourth-order valence-corrected chi connectivity index (χ4v) is 2.72. The van der Waals surface area contributed by atoms with Gasteiger partial charge in [-0.05, 0) is 48.5 Å². The summed E-state index contributed by atoms with van der Waals surface area (Å²) in [5.41, 5.74) is 0.972. The fraction of sp³-hybridized carbons (Fsp3) is 0.200. The molecule has 1 N–H and O–H groups in total. The first-order chi connectivity index (χ1) is 9.19. The maximum Gasteiger partial charge on any atom is 0.137 e. The molecule has 2 rings (SSSR count). The molecular formula is C15H15BrFNS. The third-order valence-electron chi connectivity index (χ3n) is 2.62. The molecule has 0 heterocycles. The molecule has 0 atom stereocenters. The predicted molar refractivity (Wildman–Crippen MR) is 82.0 cm³/mol. The fourth-order valence-electron chi connectivity index (χ4n) is 1.64. The van der Waals surface area contributed by atoms with Crippen molar-refractivity contribution in [1.82, 2.24) is 5.32 Å². The average molecular weight is 340 g/mol. The van der Waals surface area contributed by atoms with Crippen LogP contribution < -0.4 is 5.32 Å². The van der Waals surface area contributed by atoms with Crippen molar-refractivity contribution in [2.24, 2.45) is 0 Å². The molecule has 2 aromatic carbocycles. The van der Waals surface area contributed by atoms with E-state index < -0.39 is 0 Å². The summed E-state index contributed by atoms with van der Waals surface area (Å²) in [5.74, 6) is -0.164. The van der Waals surface area contributed by atoms with Crippen molar-refractivity contribution in [3.8, 4) is 0 Å².